The Kier molecular flexibility index (Phi) is 4.76. The molecule has 1 heterocycles. The van der Waals surface area contributed by atoms with Crippen LogP contribution < -0.4 is 10.1 Å². The van der Waals surface area contributed by atoms with Gasteiger partial charge in [0, 0.05) is 20.6 Å². The highest BCUT2D eigenvalue weighted by atomic mass is 79.9. The van der Waals surface area contributed by atoms with Crippen molar-refractivity contribution in [3.05, 3.63) is 52.5 Å². The first-order chi connectivity index (χ1) is 10.3. The molecular weight excluding hydrogens is 346 g/mol. The van der Waals surface area contributed by atoms with Gasteiger partial charge in [0.25, 0.3) is 0 Å². The lowest BCUT2D eigenvalue weighted by atomic mass is 10.0. The van der Waals surface area contributed by atoms with Crippen LogP contribution >= 0.6 is 27.7 Å². The Bertz CT molecular complexity index is 632. The van der Waals surface area contributed by atoms with Gasteiger partial charge in [-0.1, -0.05) is 34.1 Å². The number of nitrogens with one attached hydrogen (secondary N) is 1. The first-order valence-corrected chi connectivity index (χ1v) is 9.11. The van der Waals surface area contributed by atoms with E-state index in [0.29, 0.717) is 6.04 Å². The molecule has 0 amide bonds. The second-order valence-corrected chi connectivity index (χ2v) is 6.83. The molecule has 1 N–H and O–H groups in total. The van der Waals surface area contributed by atoms with Crippen LogP contribution in [0.3, 0.4) is 0 Å². The van der Waals surface area contributed by atoms with Crippen LogP contribution in [0.4, 0.5) is 5.69 Å². The number of hydrogen-bond donors (Lipinski definition) is 1. The highest BCUT2D eigenvalue weighted by Gasteiger charge is 2.20. The molecule has 110 valence electrons. The molecule has 1 unspecified atom stereocenters. The monoisotopic (exact) mass is 363 g/mol. The summed E-state index contributed by atoms with van der Waals surface area (Å²) in [7, 11) is 0. The molecule has 1 aliphatic rings. The number of para-hydroxylation sites is 1. The summed E-state index contributed by atoms with van der Waals surface area (Å²) in [6.07, 6.45) is 4.25. The summed E-state index contributed by atoms with van der Waals surface area (Å²) in [5, 5.41) is 3.70. The smallest absolute Gasteiger partial charge is 0.125 e. The number of benzene rings is 2. The van der Waals surface area contributed by atoms with Crippen LogP contribution in [0.5, 0.6) is 5.75 Å². The lowest BCUT2D eigenvalue weighted by Gasteiger charge is -2.21. The van der Waals surface area contributed by atoms with Crippen LogP contribution in [0.1, 0.15) is 24.4 Å². The van der Waals surface area contributed by atoms with Crippen LogP contribution in [-0.2, 0) is 0 Å². The third kappa shape index (κ3) is 3.38. The fraction of sp³-hybridized carbons (Fsp3) is 0.294. The average molecular weight is 364 g/mol. The van der Waals surface area contributed by atoms with E-state index in [2.05, 4.69) is 70.0 Å². The molecule has 0 bridgehead atoms. The molecule has 0 aliphatic carbocycles. The Morgan fingerprint density at radius 2 is 2.10 bits per heavy atom. The van der Waals surface area contributed by atoms with Gasteiger partial charge in [0.15, 0.2) is 0 Å². The van der Waals surface area contributed by atoms with E-state index >= 15 is 0 Å². The van der Waals surface area contributed by atoms with E-state index in [1.165, 1.54) is 16.1 Å². The predicted octanol–water partition coefficient (Wildman–Crippen LogP) is 5.50. The first-order valence-electron chi connectivity index (χ1n) is 7.10. The second kappa shape index (κ2) is 6.75. The van der Waals surface area contributed by atoms with Gasteiger partial charge in [0.1, 0.15) is 5.75 Å². The van der Waals surface area contributed by atoms with Gasteiger partial charge >= 0.3 is 0 Å². The quantitative estimate of drug-likeness (QED) is 0.727. The molecule has 0 aromatic heterocycles. The molecule has 1 aliphatic heterocycles. The Morgan fingerprint density at radius 1 is 1.24 bits per heavy atom. The third-order valence-corrected chi connectivity index (χ3v) is 4.97. The van der Waals surface area contributed by atoms with Crippen LogP contribution in [0.15, 0.2) is 51.8 Å². The number of fused-ring (bicyclic) bond motifs is 1. The summed E-state index contributed by atoms with van der Waals surface area (Å²) in [5.74, 6) is 0.987. The van der Waals surface area contributed by atoms with Gasteiger partial charge in [0.2, 0.25) is 0 Å². The van der Waals surface area contributed by atoms with E-state index in [-0.39, 0.29) is 0 Å². The molecule has 0 saturated heterocycles. The minimum absolute atomic E-state index is 0.295. The van der Waals surface area contributed by atoms with E-state index in [1.807, 2.05) is 0 Å². The second-order valence-electron chi connectivity index (χ2n) is 5.07. The van der Waals surface area contributed by atoms with Crippen molar-refractivity contribution in [2.75, 3.05) is 18.2 Å². The summed E-state index contributed by atoms with van der Waals surface area (Å²) in [6.45, 7) is 0.784. The number of ether oxygens (including phenoxy) is 1. The maximum absolute atomic E-state index is 5.88. The Morgan fingerprint density at radius 3 is 2.95 bits per heavy atom. The predicted molar refractivity (Wildman–Crippen MR) is 93.5 cm³/mol. The normalized spacial score (nSPS) is 17.5. The summed E-state index contributed by atoms with van der Waals surface area (Å²) < 4.78 is 6.94. The van der Waals surface area contributed by atoms with E-state index in [0.717, 1.165) is 29.7 Å². The van der Waals surface area contributed by atoms with Gasteiger partial charge in [0.05, 0.1) is 12.6 Å². The Balaban J connectivity index is 1.92. The van der Waals surface area contributed by atoms with E-state index < -0.39 is 0 Å². The topological polar surface area (TPSA) is 21.3 Å². The average Bonchev–Trinajstić information content (AvgIpc) is 2.70. The fourth-order valence-electron chi connectivity index (χ4n) is 2.65. The zero-order valence-electron chi connectivity index (χ0n) is 11.9. The number of halogens is 1. The molecule has 2 nitrogen and oxygen atoms in total. The van der Waals surface area contributed by atoms with Gasteiger partial charge < -0.3 is 10.1 Å². The molecule has 0 saturated carbocycles. The van der Waals surface area contributed by atoms with Crippen LogP contribution in [0.25, 0.3) is 0 Å². The SMILES string of the molecule is CSc1ccccc1NC1CCCOc2cc(Br)ccc21. The number of hydrogen-bond acceptors (Lipinski definition) is 3. The van der Waals surface area contributed by atoms with Crippen molar-refractivity contribution in [1.29, 1.82) is 0 Å². The summed E-state index contributed by atoms with van der Waals surface area (Å²) in [5.41, 5.74) is 2.44. The lowest BCUT2D eigenvalue weighted by molar-refractivity contribution is 0.316. The van der Waals surface area contributed by atoms with E-state index in [9.17, 15) is 0 Å². The lowest BCUT2D eigenvalue weighted by Crippen LogP contribution is -2.10. The van der Waals surface area contributed by atoms with Crippen molar-refractivity contribution in [3.8, 4) is 5.75 Å². The number of anilines is 1. The van der Waals surface area contributed by atoms with Gasteiger partial charge in [-0.3, -0.25) is 0 Å². The van der Waals surface area contributed by atoms with Crippen molar-refractivity contribution < 1.29 is 4.74 Å². The first kappa shape index (κ1) is 14.8. The zero-order valence-corrected chi connectivity index (χ0v) is 14.3. The van der Waals surface area contributed by atoms with E-state index in [4.69, 9.17) is 4.74 Å². The standard InChI is InChI=1S/C17H18BrNOS/c1-21-17-7-3-2-5-15(17)19-14-6-4-10-20-16-11-12(18)8-9-13(14)16/h2-3,5,7-9,11,14,19H,4,6,10H2,1H3. The van der Waals surface area contributed by atoms with Crippen molar-refractivity contribution in [3.63, 3.8) is 0 Å². The molecule has 0 fully saturated rings. The molecule has 2 aromatic carbocycles. The molecule has 2 aromatic rings. The van der Waals surface area contributed by atoms with Crippen LogP contribution in [0.2, 0.25) is 0 Å². The molecule has 1 atom stereocenters. The van der Waals surface area contributed by atoms with Crippen molar-refractivity contribution >= 4 is 33.4 Å². The number of thioether (sulfide) groups is 1. The van der Waals surface area contributed by atoms with Gasteiger partial charge in [-0.15, -0.1) is 11.8 Å². The fourth-order valence-corrected chi connectivity index (χ4v) is 3.55. The molecular formula is C17H18BrNOS. The Labute approximate surface area is 138 Å². The molecule has 0 spiro atoms. The maximum atomic E-state index is 5.88. The summed E-state index contributed by atoms with van der Waals surface area (Å²) >= 11 is 5.29. The molecule has 0 radical (unpaired) electrons. The Hall–Kier alpha value is -1.13. The molecule has 21 heavy (non-hydrogen) atoms. The van der Waals surface area contributed by atoms with Crippen molar-refractivity contribution in [2.24, 2.45) is 0 Å². The summed E-state index contributed by atoms with van der Waals surface area (Å²) in [6, 6.07) is 15.1. The maximum Gasteiger partial charge on any atom is 0.125 e. The van der Waals surface area contributed by atoms with Crippen molar-refractivity contribution in [1.82, 2.24) is 0 Å². The van der Waals surface area contributed by atoms with Gasteiger partial charge in [-0.25, -0.2) is 0 Å². The molecule has 3 rings (SSSR count). The van der Waals surface area contributed by atoms with Gasteiger partial charge in [-0.05, 0) is 43.4 Å². The largest absolute Gasteiger partial charge is 0.493 e. The summed E-state index contributed by atoms with van der Waals surface area (Å²) in [4.78, 5) is 1.28. The zero-order chi connectivity index (χ0) is 14.7. The third-order valence-electron chi connectivity index (χ3n) is 3.68. The minimum Gasteiger partial charge on any atom is -0.493 e. The van der Waals surface area contributed by atoms with Gasteiger partial charge in [-0.2, -0.15) is 0 Å². The number of rotatable bonds is 3. The van der Waals surface area contributed by atoms with E-state index in [1.54, 1.807) is 11.8 Å². The molecule has 4 heteroatoms. The van der Waals surface area contributed by atoms with Crippen LogP contribution in [0, 0.1) is 0 Å². The van der Waals surface area contributed by atoms with Crippen molar-refractivity contribution in [2.45, 2.75) is 23.8 Å². The highest BCUT2D eigenvalue weighted by Crippen LogP contribution is 2.37. The van der Waals surface area contributed by atoms with Crippen LogP contribution in [-0.4, -0.2) is 12.9 Å². The highest BCUT2D eigenvalue weighted by molar-refractivity contribution is 9.10. The minimum atomic E-state index is 0.295.